The van der Waals surface area contributed by atoms with E-state index >= 15 is 4.39 Å². The van der Waals surface area contributed by atoms with E-state index in [1.54, 1.807) is 11.9 Å². The van der Waals surface area contributed by atoms with E-state index in [-0.39, 0.29) is 40.7 Å². The number of pyridine rings is 2. The maximum absolute atomic E-state index is 15.5. The fourth-order valence-electron chi connectivity index (χ4n) is 5.76. The number of carbonyl (C=O) groups is 1. The average Bonchev–Trinajstić information content (AvgIpc) is 3.71. The molecule has 41 heavy (non-hydrogen) atoms. The van der Waals surface area contributed by atoms with Gasteiger partial charge in [0, 0.05) is 45.0 Å². The molecule has 3 aliphatic heterocycles. The van der Waals surface area contributed by atoms with Crippen molar-refractivity contribution in [1.82, 2.24) is 29.7 Å². The summed E-state index contributed by atoms with van der Waals surface area (Å²) in [6.07, 6.45) is 6.14. The molecule has 0 bridgehead atoms. The van der Waals surface area contributed by atoms with E-state index in [9.17, 15) is 13.6 Å². The predicted octanol–water partition coefficient (Wildman–Crippen LogP) is 3.37. The maximum Gasteiger partial charge on any atom is 0.318 e. The Morgan fingerprint density at radius 3 is 2.71 bits per heavy atom. The maximum atomic E-state index is 15.5. The Balaban J connectivity index is 0.000000315. The van der Waals surface area contributed by atoms with Crippen LogP contribution in [0.2, 0.25) is 0 Å². The lowest BCUT2D eigenvalue weighted by Gasteiger charge is -2.27. The van der Waals surface area contributed by atoms with Gasteiger partial charge in [-0.15, -0.1) is 0 Å². The highest BCUT2D eigenvalue weighted by atomic mass is 19.1. The SMILES string of the molecule is C=CC(=O)N1CCC(N(C)c2nc(OC)nc3c(F)c(-c4nc(N)ccc4F)ncc23)C1.FC1CC2CCCN2C1. The molecule has 3 saturated heterocycles. The van der Waals surface area contributed by atoms with Crippen LogP contribution in [-0.2, 0) is 4.79 Å². The van der Waals surface area contributed by atoms with Gasteiger partial charge in [-0.2, -0.15) is 9.97 Å². The molecule has 2 N–H and O–H groups in total. The van der Waals surface area contributed by atoms with Crippen molar-refractivity contribution in [3.8, 4) is 17.4 Å². The number of likely N-dealkylation sites (N-methyl/N-ethyl adjacent to an activating group) is 1. The number of fused-ring (bicyclic) bond motifs is 2. The highest BCUT2D eigenvalue weighted by Gasteiger charge is 2.35. The number of ether oxygens (including phenoxy) is 1. The number of methoxy groups -OCH3 is 1. The second-order valence-electron chi connectivity index (χ2n) is 10.4. The van der Waals surface area contributed by atoms with Crippen LogP contribution >= 0.6 is 0 Å². The molecule has 0 radical (unpaired) electrons. The number of aromatic nitrogens is 4. The van der Waals surface area contributed by atoms with Crippen molar-refractivity contribution in [3.63, 3.8) is 0 Å². The molecule has 3 aliphatic rings. The highest BCUT2D eigenvalue weighted by Crippen LogP contribution is 2.33. The Morgan fingerprint density at radius 2 is 1.98 bits per heavy atom. The van der Waals surface area contributed by atoms with Gasteiger partial charge in [-0.25, -0.2) is 18.2 Å². The van der Waals surface area contributed by atoms with E-state index in [2.05, 4.69) is 31.4 Å². The summed E-state index contributed by atoms with van der Waals surface area (Å²) in [5.74, 6) is -1.38. The first-order valence-corrected chi connectivity index (χ1v) is 13.5. The second kappa shape index (κ2) is 11.9. The van der Waals surface area contributed by atoms with Crippen molar-refractivity contribution >= 4 is 28.4 Å². The molecule has 0 aromatic carbocycles. The van der Waals surface area contributed by atoms with E-state index in [4.69, 9.17) is 10.5 Å². The molecule has 1 amide bonds. The zero-order chi connectivity index (χ0) is 29.3. The summed E-state index contributed by atoms with van der Waals surface area (Å²) in [6.45, 7) is 6.40. The fourth-order valence-corrected chi connectivity index (χ4v) is 5.76. The minimum atomic E-state index is -0.871. The molecule has 3 aromatic rings. The summed E-state index contributed by atoms with van der Waals surface area (Å²) < 4.78 is 47.5. The van der Waals surface area contributed by atoms with Crippen LogP contribution in [0.1, 0.15) is 25.7 Å². The number of alkyl halides is 1. The van der Waals surface area contributed by atoms with E-state index < -0.39 is 17.8 Å². The first-order valence-electron chi connectivity index (χ1n) is 13.5. The van der Waals surface area contributed by atoms with Gasteiger partial charge in [0.1, 0.15) is 34.7 Å². The van der Waals surface area contributed by atoms with Gasteiger partial charge in [-0.3, -0.25) is 14.7 Å². The summed E-state index contributed by atoms with van der Waals surface area (Å²) >= 11 is 0. The van der Waals surface area contributed by atoms with Gasteiger partial charge >= 0.3 is 6.01 Å². The molecule has 0 spiro atoms. The smallest absolute Gasteiger partial charge is 0.318 e. The van der Waals surface area contributed by atoms with Gasteiger partial charge in [0.15, 0.2) is 11.6 Å². The molecule has 3 aromatic heterocycles. The number of rotatable bonds is 5. The molecule has 3 fully saturated rings. The molecule has 218 valence electrons. The molecule has 6 heterocycles. The Morgan fingerprint density at radius 1 is 1.17 bits per heavy atom. The molecule has 10 nitrogen and oxygen atoms in total. The number of halogens is 3. The van der Waals surface area contributed by atoms with Gasteiger partial charge in [0.2, 0.25) is 5.91 Å². The molecule has 0 saturated carbocycles. The number of nitrogens with two attached hydrogens (primary N) is 1. The van der Waals surface area contributed by atoms with Crippen molar-refractivity contribution in [1.29, 1.82) is 0 Å². The van der Waals surface area contributed by atoms with Gasteiger partial charge in [0.05, 0.1) is 12.5 Å². The summed E-state index contributed by atoms with van der Waals surface area (Å²) in [7, 11) is 3.16. The number of anilines is 2. The quantitative estimate of drug-likeness (QED) is 0.461. The monoisotopic (exact) mass is 570 g/mol. The summed E-state index contributed by atoms with van der Waals surface area (Å²) in [5, 5.41) is 0.312. The van der Waals surface area contributed by atoms with Crippen molar-refractivity contribution in [2.45, 2.75) is 43.9 Å². The average molecular weight is 571 g/mol. The lowest BCUT2D eigenvalue weighted by molar-refractivity contribution is -0.125. The van der Waals surface area contributed by atoms with Crippen LogP contribution in [0.15, 0.2) is 31.0 Å². The minimum absolute atomic E-state index is 0.0308. The number of likely N-dealkylation sites (tertiary alicyclic amines) is 1. The van der Waals surface area contributed by atoms with Crippen LogP contribution < -0.4 is 15.4 Å². The summed E-state index contributed by atoms with van der Waals surface area (Å²) in [6, 6.07) is 2.85. The lowest BCUT2D eigenvalue weighted by Crippen LogP contribution is -2.36. The number of carbonyl (C=O) groups excluding carboxylic acids is 1. The van der Waals surface area contributed by atoms with Crippen LogP contribution in [0.3, 0.4) is 0 Å². The summed E-state index contributed by atoms with van der Waals surface area (Å²) in [4.78, 5) is 34.2. The normalized spacial score (nSPS) is 21.9. The lowest BCUT2D eigenvalue weighted by atomic mass is 10.1. The highest BCUT2D eigenvalue weighted by molar-refractivity contribution is 5.92. The Hall–Kier alpha value is -4.00. The number of hydrogen-bond donors (Lipinski definition) is 1. The zero-order valence-electron chi connectivity index (χ0n) is 23.1. The van der Waals surface area contributed by atoms with Crippen LogP contribution in [0.25, 0.3) is 22.3 Å². The summed E-state index contributed by atoms with van der Waals surface area (Å²) in [5.41, 5.74) is 4.91. The van der Waals surface area contributed by atoms with E-state index in [0.29, 0.717) is 43.3 Å². The van der Waals surface area contributed by atoms with E-state index in [1.807, 2.05) is 4.90 Å². The molecular formula is C28H33F3N8O2. The Labute approximate surface area is 236 Å². The molecule has 6 rings (SSSR count). The molecule has 3 unspecified atom stereocenters. The number of nitrogens with zero attached hydrogens (tertiary/aromatic N) is 7. The van der Waals surface area contributed by atoms with Crippen LogP contribution in [0.5, 0.6) is 6.01 Å². The van der Waals surface area contributed by atoms with Crippen LogP contribution in [0, 0.1) is 11.6 Å². The van der Waals surface area contributed by atoms with Crippen molar-refractivity contribution in [3.05, 3.63) is 42.6 Å². The third kappa shape index (κ3) is 5.76. The first-order chi connectivity index (χ1) is 19.7. The topological polar surface area (TPSA) is 114 Å². The molecular weight excluding hydrogens is 537 g/mol. The molecule has 3 atom stereocenters. The van der Waals surface area contributed by atoms with E-state index in [0.717, 1.165) is 19.0 Å². The number of amides is 1. The van der Waals surface area contributed by atoms with E-state index in [1.165, 1.54) is 38.3 Å². The first kappa shape index (κ1) is 28.5. The predicted molar refractivity (Wildman–Crippen MR) is 149 cm³/mol. The molecule has 0 aliphatic carbocycles. The van der Waals surface area contributed by atoms with Crippen LogP contribution in [-0.4, -0.2) is 94.2 Å². The Bertz CT molecular complexity index is 1450. The Kier molecular flexibility index (Phi) is 8.25. The fraction of sp³-hybridized carbons (Fsp3) is 0.464. The third-order valence-corrected chi connectivity index (χ3v) is 7.91. The number of hydrogen-bond acceptors (Lipinski definition) is 9. The van der Waals surface area contributed by atoms with Gasteiger partial charge in [0.25, 0.3) is 0 Å². The third-order valence-electron chi connectivity index (χ3n) is 7.91. The van der Waals surface area contributed by atoms with Crippen LogP contribution in [0.4, 0.5) is 24.8 Å². The van der Waals surface area contributed by atoms with Gasteiger partial charge in [-0.1, -0.05) is 6.58 Å². The number of nitrogen functional groups attached to an aromatic ring is 1. The minimum Gasteiger partial charge on any atom is -0.467 e. The van der Waals surface area contributed by atoms with Crippen molar-refractivity contribution in [2.75, 3.05) is 51.0 Å². The van der Waals surface area contributed by atoms with Crippen molar-refractivity contribution in [2.24, 2.45) is 0 Å². The zero-order valence-corrected chi connectivity index (χ0v) is 23.1. The standard InChI is InChI=1S/C21H21F2N7O2.C7H12FN/c1-4-15(31)30-8-7-11(10-30)29(2)20-12-9-25-19(18-13(22)5-6-14(24)26-18)16(23)17(12)27-21(28-20)32-3;8-6-4-7-2-1-3-9(7)5-6/h4-6,9,11H,1,7-8,10H2,2-3H3,(H2,24,26);6-7H,1-5H2. The van der Waals surface area contributed by atoms with Gasteiger partial charge in [-0.05, 0) is 50.4 Å². The molecule has 13 heteroatoms. The van der Waals surface area contributed by atoms with Crippen molar-refractivity contribution < 1.29 is 22.7 Å². The van der Waals surface area contributed by atoms with Gasteiger partial charge < -0.3 is 20.3 Å². The largest absolute Gasteiger partial charge is 0.467 e. The second-order valence-corrected chi connectivity index (χ2v) is 10.4.